The maximum absolute atomic E-state index is 13.3. The lowest BCUT2D eigenvalue weighted by Gasteiger charge is -2.32. The Morgan fingerprint density at radius 2 is 1.68 bits per heavy atom. The zero-order valence-electron chi connectivity index (χ0n) is 18.1. The molecule has 5 rings (SSSR count). The van der Waals surface area contributed by atoms with E-state index in [1.54, 1.807) is 0 Å². The Hall–Kier alpha value is -2.90. The van der Waals surface area contributed by atoms with Gasteiger partial charge in [0.05, 0.1) is 12.1 Å². The van der Waals surface area contributed by atoms with Crippen molar-refractivity contribution in [2.24, 2.45) is 0 Å². The van der Waals surface area contributed by atoms with Crippen LogP contribution < -0.4 is 24.2 Å². The van der Waals surface area contributed by atoms with Crippen LogP contribution in [0, 0.1) is 13.8 Å². The fourth-order valence-corrected chi connectivity index (χ4v) is 5.13. The summed E-state index contributed by atoms with van der Waals surface area (Å²) >= 11 is 0. The highest BCUT2D eigenvalue weighted by atomic mass is 16.7. The largest absolute Gasteiger partial charge is 0.454 e. The van der Waals surface area contributed by atoms with Crippen LogP contribution in [0.1, 0.15) is 23.1 Å². The lowest BCUT2D eigenvalue weighted by molar-refractivity contribution is -1.02. The third-order valence-electron chi connectivity index (χ3n) is 6.79. The Labute approximate surface area is 182 Å². The van der Waals surface area contributed by atoms with E-state index in [2.05, 4.69) is 12.1 Å². The van der Waals surface area contributed by atoms with Crippen molar-refractivity contribution in [2.75, 3.05) is 37.9 Å². The first-order chi connectivity index (χ1) is 15.0. The molecule has 2 N–H and O–H groups in total. The summed E-state index contributed by atoms with van der Waals surface area (Å²) in [5.74, 6) is 1.51. The van der Waals surface area contributed by atoms with Crippen molar-refractivity contribution < 1.29 is 28.9 Å². The van der Waals surface area contributed by atoms with Crippen molar-refractivity contribution in [3.05, 3.63) is 53.1 Å². The van der Waals surface area contributed by atoms with Gasteiger partial charge >= 0.3 is 0 Å². The number of aryl methyl sites for hydroxylation is 2. The Bertz CT molecular complexity index is 1010. The number of nitrogens with one attached hydrogen (secondary N) is 2. The number of amides is 2. The highest BCUT2D eigenvalue weighted by molar-refractivity contribution is 6.22. The minimum absolute atomic E-state index is 0.0448. The molecule has 0 unspecified atom stereocenters. The molecule has 0 aromatic heterocycles. The first-order valence-electron chi connectivity index (χ1n) is 11.0. The van der Waals surface area contributed by atoms with Gasteiger partial charge in [-0.15, -0.1) is 0 Å². The minimum Gasteiger partial charge on any atom is -0.454 e. The van der Waals surface area contributed by atoms with Gasteiger partial charge in [-0.25, -0.2) is 4.90 Å². The molecular formula is C24H29N3O4+2. The van der Waals surface area contributed by atoms with Gasteiger partial charge in [0.25, 0.3) is 5.91 Å². The Balaban J connectivity index is 1.23. The average Bonchev–Trinajstić information content (AvgIpc) is 3.33. The molecule has 3 aliphatic heterocycles. The van der Waals surface area contributed by atoms with Crippen molar-refractivity contribution in [1.29, 1.82) is 0 Å². The number of piperazine rings is 1. The first-order valence-corrected chi connectivity index (χ1v) is 11.0. The van der Waals surface area contributed by atoms with E-state index >= 15 is 0 Å². The van der Waals surface area contributed by atoms with Crippen LogP contribution >= 0.6 is 0 Å². The van der Waals surface area contributed by atoms with Gasteiger partial charge in [0.15, 0.2) is 17.5 Å². The smallest absolute Gasteiger partial charge is 0.292 e. The van der Waals surface area contributed by atoms with E-state index in [1.807, 2.05) is 38.1 Å². The van der Waals surface area contributed by atoms with Crippen LogP contribution in [0.4, 0.5) is 5.69 Å². The number of ether oxygens (including phenoxy) is 2. The lowest BCUT2D eigenvalue weighted by Crippen LogP contribution is -3.29. The lowest BCUT2D eigenvalue weighted by atomic mass is 10.1. The first kappa shape index (κ1) is 20.0. The molecular weight excluding hydrogens is 394 g/mol. The molecule has 2 amide bonds. The molecule has 2 aromatic rings. The van der Waals surface area contributed by atoms with Gasteiger partial charge in [-0.05, 0) is 43.2 Å². The fraction of sp³-hybridized carbons (Fsp3) is 0.417. The second-order valence-corrected chi connectivity index (χ2v) is 8.84. The second kappa shape index (κ2) is 7.98. The number of carbonyl (C=O) groups excluding carboxylic acids is 2. The number of nitrogens with zero attached hydrogens (tertiary/aromatic N) is 1. The molecule has 0 bridgehead atoms. The van der Waals surface area contributed by atoms with Crippen LogP contribution in [0.3, 0.4) is 0 Å². The van der Waals surface area contributed by atoms with Crippen LogP contribution in [0.25, 0.3) is 0 Å². The van der Waals surface area contributed by atoms with E-state index in [0.29, 0.717) is 13.2 Å². The Morgan fingerprint density at radius 1 is 0.968 bits per heavy atom. The molecule has 3 heterocycles. The number of para-hydroxylation sites is 1. The molecule has 0 aliphatic carbocycles. The molecule has 2 saturated heterocycles. The van der Waals surface area contributed by atoms with E-state index in [-0.39, 0.29) is 17.9 Å². The Kier molecular flexibility index (Phi) is 5.16. The van der Waals surface area contributed by atoms with E-state index in [1.165, 1.54) is 20.3 Å². The van der Waals surface area contributed by atoms with E-state index in [9.17, 15) is 9.59 Å². The van der Waals surface area contributed by atoms with Gasteiger partial charge in [-0.1, -0.05) is 18.2 Å². The Morgan fingerprint density at radius 3 is 2.42 bits per heavy atom. The number of quaternary nitrogens is 2. The normalized spacial score (nSPS) is 25.4. The maximum atomic E-state index is 13.3. The molecule has 7 heteroatoms. The summed E-state index contributed by atoms with van der Waals surface area (Å²) in [6.45, 7) is 8.88. The molecule has 1 atom stereocenters. The van der Waals surface area contributed by atoms with Crippen molar-refractivity contribution >= 4 is 17.5 Å². The van der Waals surface area contributed by atoms with Crippen LogP contribution in [-0.2, 0) is 16.1 Å². The predicted octanol–water partition coefficient (Wildman–Crippen LogP) is -0.352. The summed E-state index contributed by atoms with van der Waals surface area (Å²) in [5.41, 5.74) is 3.94. The SMILES string of the molecule is Cc1cccc(C)c1N1C(=O)C[C@H]([NH+]2CC[NH+](Cc3ccc4c(c3)OCO4)CC2)C1=O. The predicted molar refractivity (Wildman–Crippen MR) is 114 cm³/mol. The average molecular weight is 424 g/mol. The summed E-state index contributed by atoms with van der Waals surface area (Å²) in [5, 5.41) is 0. The van der Waals surface area contributed by atoms with E-state index < -0.39 is 0 Å². The summed E-state index contributed by atoms with van der Waals surface area (Å²) < 4.78 is 10.9. The molecule has 31 heavy (non-hydrogen) atoms. The fourth-order valence-electron chi connectivity index (χ4n) is 5.13. The molecule has 3 aliphatic rings. The molecule has 0 radical (unpaired) electrons. The minimum atomic E-state index is -0.265. The van der Waals surface area contributed by atoms with Crippen molar-refractivity contribution in [3.63, 3.8) is 0 Å². The van der Waals surface area contributed by atoms with Crippen molar-refractivity contribution in [2.45, 2.75) is 32.9 Å². The number of rotatable bonds is 4. The number of fused-ring (bicyclic) bond motifs is 1. The van der Waals surface area contributed by atoms with Crippen molar-refractivity contribution in [3.8, 4) is 11.5 Å². The third kappa shape index (κ3) is 3.68. The summed E-state index contributed by atoms with van der Waals surface area (Å²) in [6, 6.07) is 11.8. The molecule has 2 aromatic carbocycles. The monoisotopic (exact) mass is 423 g/mol. The summed E-state index contributed by atoms with van der Waals surface area (Å²) in [7, 11) is 0. The molecule has 162 valence electrons. The van der Waals surface area contributed by atoms with Gasteiger partial charge < -0.3 is 19.3 Å². The number of hydrogen-bond donors (Lipinski definition) is 2. The second-order valence-electron chi connectivity index (χ2n) is 8.84. The molecule has 7 nitrogen and oxygen atoms in total. The number of benzene rings is 2. The summed E-state index contributed by atoms with van der Waals surface area (Å²) in [6.07, 6.45) is 0.305. The molecule has 0 saturated carbocycles. The highest BCUT2D eigenvalue weighted by Gasteiger charge is 2.47. The van der Waals surface area contributed by atoms with Crippen LogP contribution in [0.15, 0.2) is 36.4 Å². The number of hydrogen-bond acceptors (Lipinski definition) is 4. The highest BCUT2D eigenvalue weighted by Crippen LogP contribution is 2.32. The number of imide groups is 1. The molecule has 2 fully saturated rings. The molecule has 0 spiro atoms. The quantitative estimate of drug-likeness (QED) is 0.660. The van der Waals surface area contributed by atoms with Gasteiger partial charge in [0.2, 0.25) is 12.7 Å². The number of carbonyl (C=O) groups is 2. The van der Waals surface area contributed by atoms with Crippen LogP contribution in [0.5, 0.6) is 11.5 Å². The van der Waals surface area contributed by atoms with Gasteiger partial charge in [-0.2, -0.15) is 0 Å². The third-order valence-corrected chi connectivity index (χ3v) is 6.79. The van der Waals surface area contributed by atoms with Gasteiger partial charge in [-0.3, -0.25) is 9.59 Å². The van der Waals surface area contributed by atoms with Crippen LogP contribution in [0.2, 0.25) is 0 Å². The van der Waals surface area contributed by atoms with E-state index in [0.717, 1.165) is 61.0 Å². The topological polar surface area (TPSA) is 64.7 Å². The van der Waals surface area contributed by atoms with Crippen LogP contribution in [-0.4, -0.2) is 50.8 Å². The van der Waals surface area contributed by atoms with Crippen molar-refractivity contribution in [1.82, 2.24) is 0 Å². The zero-order valence-corrected chi connectivity index (χ0v) is 18.1. The van der Waals surface area contributed by atoms with Gasteiger partial charge in [0.1, 0.15) is 32.7 Å². The standard InChI is InChI=1S/C24H27N3O4/c1-16-4-3-5-17(2)23(16)27-22(28)13-19(24(27)29)26-10-8-25(9-11-26)14-18-6-7-20-21(12-18)31-15-30-20/h3-7,12,19H,8-11,13-15H2,1-2H3/p+2/t19-/m0/s1. The number of anilines is 1. The summed E-state index contributed by atoms with van der Waals surface area (Å²) in [4.78, 5) is 30.2. The maximum Gasteiger partial charge on any atom is 0.292 e. The van der Waals surface area contributed by atoms with E-state index in [4.69, 9.17) is 9.47 Å². The van der Waals surface area contributed by atoms with Gasteiger partial charge in [0, 0.05) is 5.56 Å². The zero-order chi connectivity index (χ0) is 21.5.